The molecule has 0 aromatic heterocycles. The molecular weight excluding hydrogens is 471 g/mol. The summed E-state index contributed by atoms with van der Waals surface area (Å²) in [4.78, 5) is 25.0. The zero-order valence-corrected chi connectivity index (χ0v) is 19.1. The predicted molar refractivity (Wildman–Crippen MR) is 134 cm³/mol. The molecule has 0 spiro atoms. The second-order valence-corrected chi connectivity index (χ2v) is 7.68. The highest BCUT2D eigenvalue weighted by molar-refractivity contribution is 6.32. The Morgan fingerprint density at radius 2 is 1.00 bits per heavy atom. The van der Waals surface area contributed by atoms with Crippen molar-refractivity contribution in [2.24, 2.45) is 0 Å². The van der Waals surface area contributed by atoms with Crippen LogP contribution in [0.2, 0.25) is 10.0 Å². The Kier molecular flexibility index (Phi) is 8.21. The van der Waals surface area contributed by atoms with Crippen LogP contribution in [0.25, 0.3) is 12.2 Å². The lowest BCUT2D eigenvalue weighted by Crippen LogP contribution is -2.15. The smallest absolute Gasteiger partial charge is 0.266 e. The molecule has 2 N–H and O–H groups in total. The number of benzene rings is 3. The number of carbonyl (C=O) groups is 2. The molecule has 0 heterocycles. The van der Waals surface area contributed by atoms with E-state index in [-0.39, 0.29) is 11.1 Å². The number of halogens is 2. The van der Waals surface area contributed by atoms with Gasteiger partial charge in [-0.2, -0.15) is 10.5 Å². The van der Waals surface area contributed by atoms with Gasteiger partial charge in [0.1, 0.15) is 23.3 Å². The van der Waals surface area contributed by atoms with Crippen molar-refractivity contribution in [2.75, 3.05) is 10.6 Å². The topological polar surface area (TPSA) is 106 Å². The molecule has 2 amide bonds. The molecule has 34 heavy (non-hydrogen) atoms. The number of rotatable bonds is 6. The van der Waals surface area contributed by atoms with Gasteiger partial charge in [-0.05, 0) is 59.7 Å². The zero-order valence-electron chi connectivity index (χ0n) is 17.5. The van der Waals surface area contributed by atoms with Crippen molar-refractivity contribution < 1.29 is 9.59 Å². The lowest BCUT2D eigenvalue weighted by atomic mass is 10.1. The number of carbonyl (C=O) groups excluding carboxylic acids is 2. The molecule has 0 aliphatic carbocycles. The third-order valence-corrected chi connectivity index (χ3v) is 5.23. The fraction of sp³-hybridized carbons (Fsp3) is 0. The van der Waals surface area contributed by atoms with E-state index in [1.54, 1.807) is 72.8 Å². The van der Waals surface area contributed by atoms with Crippen molar-refractivity contribution in [1.82, 2.24) is 0 Å². The second kappa shape index (κ2) is 11.5. The monoisotopic (exact) mass is 486 g/mol. The van der Waals surface area contributed by atoms with Gasteiger partial charge in [0.2, 0.25) is 0 Å². The largest absolute Gasteiger partial charge is 0.321 e. The van der Waals surface area contributed by atoms with E-state index in [0.29, 0.717) is 32.5 Å². The van der Waals surface area contributed by atoms with Crippen LogP contribution in [0.1, 0.15) is 11.1 Å². The Labute approximate surface area is 206 Å². The van der Waals surface area contributed by atoms with Crippen molar-refractivity contribution in [2.45, 2.75) is 0 Å². The standard InChI is InChI=1S/C26H16Cl2N4O2/c27-23-7-3-1-5-17(23)13-19(15-29)25(33)31-21-9-11-22(12-10-21)32-26(34)20(16-30)14-18-6-2-4-8-24(18)28/h1-14H,(H,31,33)(H,32,34). The van der Waals surface area contributed by atoms with E-state index in [4.69, 9.17) is 23.2 Å². The van der Waals surface area contributed by atoms with Crippen LogP contribution >= 0.6 is 23.2 Å². The molecule has 0 aliphatic heterocycles. The fourth-order valence-electron chi connectivity index (χ4n) is 2.83. The molecule has 3 aromatic rings. The van der Waals surface area contributed by atoms with Crippen LogP contribution < -0.4 is 10.6 Å². The number of amides is 2. The molecule has 3 aromatic carbocycles. The van der Waals surface area contributed by atoms with Crippen LogP contribution in [0.15, 0.2) is 83.9 Å². The maximum Gasteiger partial charge on any atom is 0.266 e. The van der Waals surface area contributed by atoms with Gasteiger partial charge in [0, 0.05) is 21.4 Å². The van der Waals surface area contributed by atoms with E-state index in [0.717, 1.165) is 0 Å². The molecule has 166 valence electrons. The second-order valence-electron chi connectivity index (χ2n) is 6.87. The normalized spacial score (nSPS) is 11.2. The van der Waals surface area contributed by atoms with Crippen LogP contribution in [0, 0.1) is 22.7 Å². The lowest BCUT2D eigenvalue weighted by molar-refractivity contribution is -0.113. The van der Waals surface area contributed by atoms with Crippen LogP contribution in [0.5, 0.6) is 0 Å². The quantitative estimate of drug-likeness (QED) is 0.324. The molecule has 0 bridgehead atoms. The van der Waals surface area contributed by atoms with E-state index in [2.05, 4.69) is 10.6 Å². The van der Waals surface area contributed by atoms with Crippen molar-refractivity contribution in [1.29, 1.82) is 10.5 Å². The summed E-state index contributed by atoms with van der Waals surface area (Å²) in [6, 6.07) is 23.7. The number of hydrogen-bond acceptors (Lipinski definition) is 4. The van der Waals surface area contributed by atoms with Crippen molar-refractivity contribution in [3.8, 4) is 12.1 Å². The maximum absolute atomic E-state index is 12.5. The van der Waals surface area contributed by atoms with Crippen molar-refractivity contribution in [3.05, 3.63) is 105 Å². The minimum Gasteiger partial charge on any atom is -0.321 e. The van der Waals surface area contributed by atoms with Gasteiger partial charge in [-0.15, -0.1) is 0 Å². The highest BCUT2D eigenvalue weighted by Crippen LogP contribution is 2.21. The molecule has 0 fully saturated rings. The van der Waals surface area contributed by atoms with Crippen LogP contribution in [-0.2, 0) is 9.59 Å². The van der Waals surface area contributed by atoms with E-state index in [1.165, 1.54) is 12.2 Å². The number of nitriles is 2. The highest BCUT2D eigenvalue weighted by atomic mass is 35.5. The van der Waals surface area contributed by atoms with Gasteiger partial charge in [-0.3, -0.25) is 9.59 Å². The first-order valence-corrected chi connectivity index (χ1v) is 10.6. The summed E-state index contributed by atoms with van der Waals surface area (Å²) < 4.78 is 0. The first kappa shape index (κ1) is 24.3. The first-order valence-electron chi connectivity index (χ1n) is 9.86. The predicted octanol–water partition coefficient (Wildman–Crippen LogP) is 6.08. The number of nitrogens with one attached hydrogen (secondary N) is 2. The molecule has 0 atom stereocenters. The average Bonchev–Trinajstić information content (AvgIpc) is 2.84. The average molecular weight is 487 g/mol. The molecule has 0 radical (unpaired) electrons. The van der Waals surface area contributed by atoms with E-state index >= 15 is 0 Å². The summed E-state index contributed by atoms with van der Waals surface area (Å²) >= 11 is 12.2. The van der Waals surface area contributed by atoms with E-state index in [1.807, 2.05) is 12.1 Å². The van der Waals surface area contributed by atoms with Gasteiger partial charge < -0.3 is 10.6 Å². The van der Waals surface area contributed by atoms with Crippen LogP contribution in [0.4, 0.5) is 11.4 Å². The summed E-state index contributed by atoms with van der Waals surface area (Å²) in [5.41, 5.74) is 1.69. The van der Waals surface area contributed by atoms with E-state index < -0.39 is 11.8 Å². The summed E-state index contributed by atoms with van der Waals surface area (Å²) in [7, 11) is 0. The molecule has 6 nitrogen and oxygen atoms in total. The Balaban J connectivity index is 1.69. The van der Waals surface area contributed by atoms with Crippen molar-refractivity contribution in [3.63, 3.8) is 0 Å². The van der Waals surface area contributed by atoms with Gasteiger partial charge in [0.05, 0.1) is 0 Å². The summed E-state index contributed by atoms with van der Waals surface area (Å²) in [5.74, 6) is -1.21. The molecule has 8 heteroatoms. The van der Waals surface area contributed by atoms with Gasteiger partial charge in [-0.1, -0.05) is 59.6 Å². The Bertz CT molecular complexity index is 1270. The van der Waals surface area contributed by atoms with Crippen LogP contribution in [-0.4, -0.2) is 11.8 Å². The Morgan fingerprint density at radius 3 is 1.32 bits per heavy atom. The summed E-state index contributed by atoms with van der Waals surface area (Å²) in [6.07, 6.45) is 2.81. The minimum absolute atomic E-state index is 0.117. The highest BCUT2D eigenvalue weighted by Gasteiger charge is 2.12. The number of nitrogens with zero attached hydrogens (tertiary/aromatic N) is 2. The number of anilines is 2. The zero-order chi connectivity index (χ0) is 24.5. The lowest BCUT2D eigenvalue weighted by Gasteiger charge is -2.08. The third-order valence-electron chi connectivity index (χ3n) is 4.54. The van der Waals surface area contributed by atoms with Gasteiger partial charge in [-0.25, -0.2) is 0 Å². The molecule has 0 saturated heterocycles. The molecule has 3 rings (SSSR count). The number of hydrogen-bond donors (Lipinski definition) is 2. The summed E-state index contributed by atoms with van der Waals surface area (Å²) in [5, 5.41) is 24.8. The Morgan fingerprint density at radius 1 is 0.647 bits per heavy atom. The molecule has 0 aliphatic rings. The van der Waals surface area contributed by atoms with Crippen molar-refractivity contribution >= 4 is 58.5 Å². The maximum atomic E-state index is 12.5. The first-order chi connectivity index (χ1) is 16.4. The SMILES string of the molecule is N#CC(=Cc1ccccc1Cl)C(=O)Nc1ccc(NC(=O)C(C#N)=Cc2ccccc2Cl)cc1. The molecular formula is C26H16Cl2N4O2. The van der Waals surface area contributed by atoms with Crippen LogP contribution in [0.3, 0.4) is 0 Å². The Hall–Kier alpha value is -4.36. The fourth-order valence-corrected chi connectivity index (χ4v) is 3.21. The van der Waals surface area contributed by atoms with Gasteiger partial charge in [0.15, 0.2) is 0 Å². The minimum atomic E-state index is -0.603. The molecule has 0 saturated carbocycles. The van der Waals surface area contributed by atoms with E-state index in [9.17, 15) is 20.1 Å². The summed E-state index contributed by atoms with van der Waals surface area (Å²) in [6.45, 7) is 0. The third kappa shape index (κ3) is 6.34. The van der Waals surface area contributed by atoms with Gasteiger partial charge in [0.25, 0.3) is 11.8 Å². The van der Waals surface area contributed by atoms with Gasteiger partial charge >= 0.3 is 0 Å². The molecule has 0 unspecified atom stereocenters.